The van der Waals surface area contributed by atoms with E-state index in [0.29, 0.717) is 25.1 Å². The average molecular weight is 398 g/mol. The van der Waals surface area contributed by atoms with E-state index in [1.165, 1.54) is 6.42 Å². The first kappa shape index (κ1) is 23.4. The van der Waals surface area contributed by atoms with Gasteiger partial charge in [0.25, 0.3) is 0 Å². The normalized spacial score (nSPS) is 15.7. The van der Waals surface area contributed by atoms with Gasteiger partial charge < -0.3 is 15.3 Å². The number of carbonyl (C=O) groups excluding carboxylic acids is 2. The molecule has 6 nitrogen and oxygen atoms in total. The van der Waals surface area contributed by atoms with Crippen LogP contribution in [0.4, 0.5) is 0 Å². The van der Waals surface area contributed by atoms with E-state index in [1.54, 1.807) is 29.4 Å². The predicted molar refractivity (Wildman–Crippen MR) is 108 cm³/mol. The van der Waals surface area contributed by atoms with E-state index in [2.05, 4.69) is 17.2 Å². The van der Waals surface area contributed by atoms with Gasteiger partial charge in [0.05, 0.1) is 0 Å². The summed E-state index contributed by atoms with van der Waals surface area (Å²) in [6, 6.07) is 2.40. The van der Waals surface area contributed by atoms with Crippen LogP contribution in [0.25, 0.3) is 0 Å². The standard InChI is InChI=1S/C20H31N3O3.ClH/c1-2-3-4-5-6-9-17(24)22-18(20(26)23-14-7-8-15-23)19(25)16-10-12-21-13-11-16;/h10-13,18-19,25H,2-9,14-15H2,1H3,(H,22,24);1H/t18?,19-;/m0./s1. The maximum atomic E-state index is 12.8. The van der Waals surface area contributed by atoms with E-state index < -0.39 is 12.1 Å². The topological polar surface area (TPSA) is 82.5 Å². The summed E-state index contributed by atoms with van der Waals surface area (Å²) in [5.74, 6) is -0.377. The lowest BCUT2D eigenvalue weighted by molar-refractivity contribution is -0.139. The molecule has 1 aliphatic rings. The zero-order chi connectivity index (χ0) is 18.8. The molecular formula is C20H32ClN3O3. The minimum atomic E-state index is -1.07. The number of hydrogen-bond donors (Lipinski definition) is 2. The highest BCUT2D eigenvalue weighted by atomic mass is 35.5. The third-order valence-electron chi connectivity index (χ3n) is 4.87. The number of halogens is 1. The molecule has 1 aliphatic heterocycles. The van der Waals surface area contributed by atoms with E-state index in [9.17, 15) is 14.7 Å². The van der Waals surface area contributed by atoms with E-state index in [1.807, 2.05) is 0 Å². The number of aromatic nitrogens is 1. The summed E-state index contributed by atoms with van der Waals surface area (Å²) in [6.07, 6.45) is 9.68. The van der Waals surface area contributed by atoms with E-state index in [4.69, 9.17) is 0 Å². The van der Waals surface area contributed by atoms with Crippen molar-refractivity contribution in [3.63, 3.8) is 0 Å². The van der Waals surface area contributed by atoms with Crippen molar-refractivity contribution in [3.05, 3.63) is 30.1 Å². The molecular weight excluding hydrogens is 366 g/mol. The van der Waals surface area contributed by atoms with E-state index >= 15 is 0 Å². The van der Waals surface area contributed by atoms with Crippen molar-refractivity contribution < 1.29 is 14.7 Å². The first-order valence-electron chi connectivity index (χ1n) is 9.79. The Morgan fingerprint density at radius 3 is 2.41 bits per heavy atom. The Kier molecular flexibility index (Phi) is 11.0. The molecule has 2 rings (SSSR count). The van der Waals surface area contributed by atoms with Crippen molar-refractivity contribution in [2.45, 2.75) is 70.4 Å². The largest absolute Gasteiger partial charge is 0.386 e. The maximum absolute atomic E-state index is 12.8. The van der Waals surface area contributed by atoms with Crippen molar-refractivity contribution in [3.8, 4) is 0 Å². The lowest BCUT2D eigenvalue weighted by Crippen LogP contribution is -2.51. The molecule has 0 aliphatic carbocycles. The number of hydrogen-bond acceptors (Lipinski definition) is 4. The van der Waals surface area contributed by atoms with Crippen LogP contribution in [0.3, 0.4) is 0 Å². The van der Waals surface area contributed by atoms with Gasteiger partial charge in [-0.05, 0) is 37.0 Å². The Bertz CT molecular complexity index is 565. The highest BCUT2D eigenvalue weighted by Crippen LogP contribution is 2.20. The minimum Gasteiger partial charge on any atom is -0.386 e. The number of pyridine rings is 1. The molecule has 0 aromatic carbocycles. The number of nitrogens with one attached hydrogen (secondary N) is 1. The van der Waals surface area contributed by atoms with Gasteiger partial charge in [0.1, 0.15) is 12.1 Å². The Morgan fingerprint density at radius 1 is 1.15 bits per heavy atom. The van der Waals surface area contributed by atoms with Crippen LogP contribution in [-0.4, -0.2) is 45.9 Å². The number of rotatable bonds is 10. The zero-order valence-corrected chi connectivity index (χ0v) is 16.9. The Hall–Kier alpha value is -1.66. The molecule has 0 bridgehead atoms. The SMILES string of the molecule is CCCCCCCC(=O)NC(C(=O)N1CCCC1)[C@@H](O)c1ccncc1.Cl. The lowest BCUT2D eigenvalue weighted by Gasteiger charge is -2.28. The van der Waals surface area contributed by atoms with Crippen LogP contribution in [0.1, 0.15) is 70.0 Å². The number of amides is 2. The molecule has 7 heteroatoms. The van der Waals surface area contributed by atoms with Crippen LogP contribution in [0, 0.1) is 0 Å². The van der Waals surface area contributed by atoms with Crippen LogP contribution in [-0.2, 0) is 9.59 Å². The molecule has 2 N–H and O–H groups in total. The highest BCUT2D eigenvalue weighted by Gasteiger charge is 2.33. The van der Waals surface area contributed by atoms with E-state index in [0.717, 1.165) is 38.5 Å². The summed E-state index contributed by atoms with van der Waals surface area (Å²) >= 11 is 0. The molecule has 2 amide bonds. The molecule has 0 spiro atoms. The van der Waals surface area contributed by atoms with Gasteiger partial charge in [-0.3, -0.25) is 14.6 Å². The van der Waals surface area contributed by atoms with Crippen molar-refractivity contribution in [1.82, 2.24) is 15.2 Å². The molecule has 1 aromatic heterocycles. The molecule has 152 valence electrons. The molecule has 2 atom stereocenters. The van der Waals surface area contributed by atoms with Crippen molar-refractivity contribution in [2.24, 2.45) is 0 Å². The molecule has 27 heavy (non-hydrogen) atoms. The van der Waals surface area contributed by atoms with Crippen molar-refractivity contribution in [2.75, 3.05) is 13.1 Å². The van der Waals surface area contributed by atoms with Gasteiger partial charge in [-0.1, -0.05) is 32.6 Å². The van der Waals surface area contributed by atoms with Crippen LogP contribution >= 0.6 is 12.4 Å². The summed E-state index contributed by atoms with van der Waals surface area (Å²) in [5, 5.41) is 13.5. The number of aliphatic hydroxyl groups is 1. The second kappa shape index (κ2) is 12.7. The summed E-state index contributed by atoms with van der Waals surface area (Å²) in [4.78, 5) is 30.9. The number of nitrogens with zero attached hydrogens (tertiary/aromatic N) is 2. The van der Waals surface area contributed by atoms with Gasteiger partial charge in [0, 0.05) is 31.9 Å². The van der Waals surface area contributed by atoms with Gasteiger partial charge in [-0.15, -0.1) is 12.4 Å². The van der Waals surface area contributed by atoms with Gasteiger partial charge in [0.15, 0.2) is 0 Å². The van der Waals surface area contributed by atoms with Gasteiger partial charge >= 0.3 is 0 Å². The van der Waals surface area contributed by atoms with Crippen molar-refractivity contribution in [1.29, 1.82) is 0 Å². The molecule has 2 heterocycles. The first-order chi connectivity index (χ1) is 12.6. The fraction of sp³-hybridized carbons (Fsp3) is 0.650. The summed E-state index contributed by atoms with van der Waals surface area (Å²) in [7, 11) is 0. The molecule has 1 saturated heterocycles. The highest BCUT2D eigenvalue weighted by molar-refractivity contribution is 5.88. The van der Waals surface area contributed by atoms with Crippen molar-refractivity contribution >= 4 is 24.2 Å². The molecule has 1 aromatic rings. The second-order valence-corrected chi connectivity index (χ2v) is 6.97. The van der Waals surface area contributed by atoms with Crippen LogP contribution in [0.5, 0.6) is 0 Å². The first-order valence-corrected chi connectivity index (χ1v) is 9.79. The number of aliphatic hydroxyl groups excluding tert-OH is 1. The minimum absolute atomic E-state index is 0. The fourth-order valence-corrected chi connectivity index (χ4v) is 3.30. The van der Waals surface area contributed by atoms with Crippen LogP contribution in [0.2, 0.25) is 0 Å². The Morgan fingerprint density at radius 2 is 1.78 bits per heavy atom. The number of carbonyl (C=O) groups is 2. The monoisotopic (exact) mass is 397 g/mol. The predicted octanol–water partition coefficient (Wildman–Crippen LogP) is 3.00. The third-order valence-corrected chi connectivity index (χ3v) is 4.87. The van der Waals surface area contributed by atoms with Gasteiger partial charge in [0.2, 0.25) is 11.8 Å². The summed E-state index contributed by atoms with van der Waals surface area (Å²) in [5.41, 5.74) is 0.584. The molecule has 1 fully saturated rings. The smallest absolute Gasteiger partial charge is 0.248 e. The third kappa shape index (κ3) is 7.46. The average Bonchev–Trinajstić information content (AvgIpc) is 3.20. The van der Waals surface area contributed by atoms with E-state index in [-0.39, 0.29) is 24.2 Å². The quantitative estimate of drug-likeness (QED) is 0.594. The van der Waals surface area contributed by atoms with Crippen LogP contribution in [0.15, 0.2) is 24.5 Å². The zero-order valence-electron chi connectivity index (χ0n) is 16.1. The fourth-order valence-electron chi connectivity index (χ4n) is 3.30. The Balaban J connectivity index is 0.00000364. The second-order valence-electron chi connectivity index (χ2n) is 6.97. The molecule has 0 radical (unpaired) electrons. The number of likely N-dealkylation sites (tertiary alicyclic amines) is 1. The number of unbranched alkanes of at least 4 members (excludes halogenated alkanes) is 4. The Labute approximate surface area is 168 Å². The summed E-state index contributed by atoms with van der Waals surface area (Å²) in [6.45, 7) is 3.53. The lowest BCUT2D eigenvalue weighted by atomic mass is 10.0. The molecule has 1 unspecified atom stereocenters. The summed E-state index contributed by atoms with van der Waals surface area (Å²) < 4.78 is 0. The van der Waals surface area contributed by atoms with Gasteiger partial charge in [-0.25, -0.2) is 0 Å². The van der Waals surface area contributed by atoms with Crippen LogP contribution < -0.4 is 5.32 Å². The molecule has 0 saturated carbocycles. The van der Waals surface area contributed by atoms with Gasteiger partial charge in [-0.2, -0.15) is 0 Å². The maximum Gasteiger partial charge on any atom is 0.248 e.